The number of aliphatic hydroxyl groups excluding tert-OH is 1. The molecule has 1 aromatic rings. The third kappa shape index (κ3) is 6.68. The molecule has 6 nitrogen and oxygen atoms in total. The molecule has 0 aliphatic carbocycles. The number of nitro benzene ring substituents is 1. The van der Waals surface area contributed by atoms with E-state index in [1.165, 1.54) is 12.1 Å². The number of anilines is 2. The molecular weight excluding hydrogens is 290 g/mol. The molecule has 0 aliphatic rings. The Kier molecular flexibility index (Phi) is 7.92. The predicted octanol–water partition coefficient (Wildman–Crippen LogP) is 2.80. The van der Waals surface area contributed by atoms with Crippen LogP contribution in [0.15, 0.2) is 18.2 Å². The van der Waals surface area contributed by atoms with Crippen LogP contribution in [0.5, 0.6) is 0 Å². The molecule has 0 fully saturated rings. The van der Waals surface area contributed by atoms with Crippen molar-refractivity contribution in [2.75, 3.05) is 41.8 Å². The fourth-order valence-corrected chi connectivity index (χ4v) is 2.60. The van der Waals surface area contributed by atoms with Gasteiger partial charge in [0.25, 0.3) is 5.69 Å². The van der Waals surface area contributed by atoms with E-state index in [4.69, 9.17) is 5.11 Å². The first-order chi connectivity index (χ1) is 10.0. The zero-order chi connectivity index (χ0) is 15.7. The van der Waals surface area contributed by atoms with Crippen LogP contribution >= 0.6 is 11.8 Å². The number of benzene rings is 1. The molecule has 0 radical (unpaired) electrons. The number of aliphatic hydroxyl groups is 1. The van der Waals surface area contributed by atoms with Gasteiger partial charge in [-0.15, -0.1) is 0 Å². The van der Waals surface area contributed by atoms with Crippen molar-refractivity contribution in [3.63, 3.8) is 0 Å². The number of hydrogen-bond donors (Lipinski definition) is 3. The zero-order valence-electron chi connectivity index (χ0n) is 12.5. The van der Waals surface area contributed by atoms with E-state index in [-0.39, 0.29) is 12.3 Å². The number of nitrogens with one attached hydrogen (secondary N) is 2. The van der Waals surface area contributed by atoms with E-state index in [2.05, 4.69) is 24.5 Å². The van der Waals surface area contributed by atoms with Gasteiger partial charge < -0.3 is 15.7 Å². The SMILES string of the molecule is CC(C)CSCCNc1cc([N+](=O)[O-])ccc1NCCO. The van der Waals surface area contributed by atoms with Gasteiger partial charge in [-0.25, -0.2) is 0 Å². The molecule has 0 aromatic heterocycles. The lowest BCUT2D eigenvalue weighted by Crippen LogP contribution is -2.11. The van der Waals surface area contributed by atoms with Crippen LogP contribution in [0, 0.1) is 16.0 Å². The fourth-order valence-electron chi connectivity index (χ4n) is 1.71. The standard InChI is InChI=1S/C14H23N3O3S/c1-11(2)10-21-8-6-16-14-9-12(17(19)20)3-4-13(14)15-5-7-18/h3-4,9,11,15-16,18H,5-8,10H2,1-2H3. The molecule has 7 heteroatoms. The molecule has 0 amide bonds. The van der Waals surface area contributed by atoms with Crippen LogP contribution in [0.1, 0.15) is 13.8 Å². The van der Waals surface area contributed by atoms with Gasteiger partial charge in [0.2, 0.25) is 0 Å². The summed E-state index contributed by atoms with van der Waals surface area (Å²) >= 11 is 1.86. The Hall–Kier alpha value is -1.47. The van der Waals surface area contributed by atoms with E-state index in [0.717, 1.165) is 23.7 Å². The van der Waals surface area contributed by atoms with Gasteiger partial charge in [0.05, 0.1) is 22.9 Å². The minimum absolute atomic E-state index is 0.0146. The lowest BCUT2D eigenvalue weighted by atomic mass is 10.2. The molecule has 21 heavy (non-hydrogen) atoms. The second-order valence-corrected chi connectivity index (χ2v) is 6.18. The first kappa shape index (κ1) is 17.6. The van der Waals surface area contributed by atoms with E-state index in [9.17, 15) is 10.1 Å². The first-order valence-electron chi connectivity index (χ1n) is 6.99. The minimum atomic E-state index is -0.408. The summed E-state index contributed by atoms with van der Waals surface area (Å²) in [4.78, 5) is 10.4. The Balaban J connectivity index is 2.62. The molecule has 0 spiro atoms. The minimum Gasteiger partial charge on any atom is -0.395 e. The second kappa shape index (κ2) is 9.46. The third-order valence-electron chi connectivity index (χ3n) is 2.65. The Morgan fingerprint density at radius 3 is 2.62 bits per heavy atom. The van der Waals surface area contributed by atoms with Gasteiger partial charge in [0, 0.05) is 31.0 Å². The van der Waals surface area contributed by atoms with Crippen LogP contribution < -0.4 is 10.6 Å². The topological polar surface area (TPSA) is 87.4 Å². The van der Waals surface area contributed by atoms with Gasteiger partial charge in [-0.05, 0) is 17.7 Å². The maximum Gasteiger partial charge on any atom is 0.271 e. The van der Waals surface area contributed by atoms with Crippen LogP contribution in [0.3, 0.4) is 0 Å². The molecule has 0 saturated carbocycles. The zero-order valence-corrected chi connectivity index (χ0v) is 13.3. The van der Waals surface area contributed by atoms with Gasteiger partial charge in [0.1, 0.15) is 0 Å². The van der Waals surface area contributed by atoms with E-state index < -0.39 is 4.92 Å². The molecular formula is C14H23N3O3S. The quantitative estimate of drug-likeness (QED) is 0.350. The summed E-state index contributed by atoms with van der Waals surface area (Å²) in [6.07, 6.45) is 0. The molecule has 0 saturated heterocycles. The van der Waals surface area contributed by atoms with Crippen molar-refractivity contribution in [2.24, 2.45) is 5.92 Å². The van der Waals surface area contributed by atoms with Crippen molar-refractivity contribution in [2.45, 2.75) is 13.8 Å². The summed E-state index contributed by atoms with van der Waals surface area (Å²) in [6, 6.07) is 4.64. The van der Waals surface area contributed by atoms with Gasteiger partial charge >= 0.3 is 0 Å². The smallest absolute Gasteiger partial charge is 0.271 e. The fraction of sp³-hybridized carbons (Fsp3) is 0.571. The highest BCUT2D eigenvalue weighted by molar-refractivity contribution is 7.99. The summed E-state index contributed by atoms with van der Waals surface area (Å²) in [5.74, 6) is 2.71. The Labute approximate surface area is 129 Å². The largest absolute Gasteiger partial charge is 0.395 e. The van der Waals surface area contributed by atoms with Crippen molar-refractivity contribution in [3.05, 3.63) is 28.3 Å². The highest BCUT2D eigenvalue weighted by Gasteiger charge is 2.10. The van der Waals surface area contributed by atoms with Crippen molar-refractivity contribution in [1.82, 2.24) is 0 Å². The lowest BCUT2D eigenvalue weighted by Gasteiger charge is -2.13. The molecule has 118 valence electrons. The third-order valence-corrected chi connectivity index (χ3v) is 4.05. The summed E-state index contributed by atoms with van der Waals surface area (Å²) < 4.78 is 0. The van der Waals surface area contributed by atoms with E-state index in [0.29, 0.717) is 18.2 Å². The van der Waals surface area contributed by atoms with Crippen LogP contribution in [-0.2, 0) is 0 Å². The van der Waals surface area contributed by atoms with Crippen LogP contribution in [0.25, 0.3) is 0 Å². The Bertz CT molecular complexity index is 455. The van der Waals surface area contributed by atoms with Crippen molar-refractivity contribution in [1.29, 1.82) is 0 Å². The van der Waals surface area contributed by atoms with E-state index in [1.54, 1.807) is 6.07 Å². The second-order valence-electron chi connectivity index (χ2n) is 5.03. The lowest BCUT2D eigenvalue weighted by molar-refractivity contribution is -0.384. The predicted molar refractivity (Wildman–Crippen MR) is 89.3 cm³/mol. The van der Waals surface area contributed by atoms with Crippen LogP contribution in [0.2, 0.25) is 0 Å². The number of nitrogens with zero attached hydrogens (tertiary/aromatic N) is 1. The highest BCUT2D eigenvalue weighted by atomic mass is 32.2. The van der Waals surface area contributed by atoms with Crippen molar-refractivity contribution < 1.29 is 10.0 Å². The summed E-state index contributed by atoms with van der Waals surface area (Å²) in [6.45, 7) is 5.53. The molecule has 0 aliphatic heterocycles. The number of non-ortho nitro benzene ring substituents is 1. The maximum absolute atomic E-state index is 10.8. The normalized spacial score (nSPS) is 10.7. The van der Waals surface area contributed by atoms with Gasteiger partial charge in [-0.2, -0.15) is 11.8 Å². The van der Waals surface area contributed by atoms with Crippen LogP contribution in [0.4, 0.5) is 17.1 Å². The Morgan fingerprint density at radius 2 is 2.00 bits per heavy atom. The molecule has 0 bridgehead atoms. The summed E-state index contributed by atoms with van der Waals surface area (Å²) in [5, 5.41) is 26.0. The van der Waals surface area contributed by atoms with Gasteiger partial charge in [-0.3, -0.25) is 10.1 Å². The molecule has 0 unspecified atom stereocenters. The molecule has 1 rings (SSSR count). The molecule has 0 atom stereocenters. The van der Waals surface area contributed by atoms with Crippen molar-refractivity contribution in [3.8, 4) is 0 Å². The number of hydrogen-bond acceptors (Lipinski definition) is 6. The first-order valence-corrected chi connectivity index (χ1v) is 8.15. The van der Waals surface area contributed by atoms with Crippen LogP contribution in [-0.4, -0.2) is 41.2 Å². The number of rotatable bonds is 10. The summed E-state index contributed by atoms with van der Waals surface area (Å²) in [7, 11) is 0. The van der Waals surface area contributed by atoms with Crippen molar-refractivity contribution >= 4 is 28.8 Å². The van der Waals surface area contributed by atoms with Gasteiger partial charge in [0.15, 0.2) is 0 Å². The number of nitro groups is 1. The summed E-state index contributed by atoms with van der Waals surface area (Å²) in [5.41, 5.74) is 1.52. The molecule has 1 aromatic carbocycles. The highest BCUT2D eigenvalue weighted by Crippen LogP contribution is 2.27. The average molecular weight is 313 g/mol. The van der Waals surface area contributed by atoms with E-state index in [1.807, 2.05) is 11.8 Å². The average Bonchev–Trinajstić information content (AvgIpc) is 2.44. The van der Waals surface area contributed by atoms with E-state index >= 15 is 0 Å². The molecule has 3 N–H and O–H groups in total. The monoisotopic (exact) mass is 313 g/mol. The maximum atomic E-state index is 10.8. The number of thioether (sulfide) groups is 1. The Morgan fingerprint density at radius 1 is 1.29 bits per heavy atom. The molecule has 0 heterocycles. The van der Waals surface area contributed by atoms with Gasteiger partial charge in [-0.1, -0.05) is 13.8 Å².